The highest BCUT2D eigenvalue weighted by Crippen LogP contribution is 2.16. The van der Waals surface area contributed by atoms with Crippen molar-refractivity contribution in [2.24, 2.45) is 5.41 Å². The third-order valence-electron chi connectivity index (χ3n) is 2.72. The molecule has 2 aromatic rings. The third kappa shape index (κ3) is 7.11. The first-order chi connectivity index (χ1) is 8.53. The highest BCUT2D eigenvalue weighted by atomic mass is 14.1. The molecule has 0 radical (unpaired) electrons. The van der Waals surface area contributed by atoms with E-state index in [4.69, 9.17) is 0 Å². The SMILES string of the molecule is CC.CCC(C)(C)C.c1ccc2ccccc2c1. The first-order valence-electron chi connectivity index (χ1n) is 6.97. The summed E-state index contributed by atoms with van der Waals surface area (Å²) in [7, 11) is 0. The van der Waals surface area contributed by atoms with E-state index in [2.05, 4.69) is 76.2 Å². The number of benzene rings is 2. The fourth-order valence-corrected chi connectivity index (χ4v) is 1.13. The van der Waals surface area contributed by atoms with E-state index >= 15 is 0 Å². The Morgan fingerprint density at radius 3 is 1.11 bits per heavy atom. The summed E-state index contributed by atoms with van der Waals surface area (Å²) in [6, 6.07) is 16.7. The summed E-state index contributed by atoms with van der Waals surface area (Å²) in [5.41, 5.74) is 0.542. The molecule has 0 saturated heterocycles. The van der Waals surface area contributed by atoms with Gasteiger partial charge in [-0.25, -0.2) is 0 Å². The minimum Gasteiger partial charge on any atom is -0.0683 e. The van der Waals surface area contributed by atoms with Crippen molar-refractivity contribution in [2.75, 3.05) is 0 Å². The van der Waals surface area contributed by atoms with Crippen LogP contribution < -0.4 is 0 Å². The van der Waals surface area contributed by atoms with E-state index in [-0.39, 0.29) is 0 Å². The second-order valence-electron chi connectivity index (χ2n) is 5.26. The van der Waals surface area contributed by atoms with Gasteiger partial charge in [-0.15, -0.1) is 0 Å². The van der Waals surface area contributed by atoms with Crippen LogP contribution in [-0.4, -0.2) is 0 Å². The zero-order valence-corrected chi connectivity index (χ0v) is 12.8. The Hall–Kier alpha value is -1.30. The summed E-state index contributed by atoms with van der Waals surface area (Å²) in [5, 5.41) is 2.62. The van der Waals surface area contributed by atoms with Crippen molar-refractivity contribution in [3.63, 3.8) is 0 Å². The van der Waals surface area contributed by atoms with Gasteiger partial charge in [0.2, 0.25) is 0 Å². The maximum Gasteiger partial charge on any atom is -0.0184 e. The topological polar surface area (TPSA) is 0 Å². The zero-order chi connectivity index (χ0) is 14.0. The molecule has 0 heterocycles. The van der Waals surface area contributed by atoms with E-state index in [9.17, 15) is 0 Å². The van der Waals surface area contributed by atoms with Gasteiger partial charge in [0.05, 0.1) is 0 Å². The zero-order valence-electron chi connectivity index (χ0n) is 12.8. The molecule has 0 aromatic heterocycles. The van der Waals surface area contributed by atoms with Gasteiger partial charge in [0.15, 0.2) is 0 Å². The molecule has 0 amide bonds. The van der Waals surface area contributed by atoms with Crippen LogP contribution in [0.4, 0.5) is 0 Å². The van der Waals surface area contributed by atoms with Crippen molar-refractivity contribution in [3.05, 3.63) is 48.5 Å². The average Bonchev–Trinajstić information content (AvgIpc) is 2.41. The van der Waals surface area contributed by atoms with Crippen molar-refractivity contribution >= 4 is 10.8 Å². The van der Waals surface area contributed by atoms with Crippen molar-refractivity contribution in [1.82, 2.24) is 0 Å². The molecule has 100 valence electrons. The first kappa shape index (κ1) is 16.7. The van der Waals surface area contributed by atoms with Gasteiger partial charge in [-0.3, -0.25) is 0 Å². The molecule has 0 aliphatic heterocycles. The van der Waals surface area contributed by atoms with E-state index in [1.54, 1.807) is 0 Å². The third-order valence-corrected chi connectivity index (χ3v) is 2.72. The van der Waals surface area contributed by atoms with E-state index in [0.29, 0.717) is 5.41 Å². The smallest absolute Gasteiger partial charge is 0.0184 e. The molecule has 0 atom stereocenters. The Kier molecular flexibility index (Phi) is 8.11. The van der Waals surface area contributed by atoms with Gasteiger partial charge >= 0.3 is 0 Å². The lowest BCUT2D eigenvalue weighted by molar-refractivity contribution is 0.398. The van der Waals surface area contributed by atoms with Gasteiger partial charge in [-0.2, -0.15) is 0 Å². The highest BCUT2D eigenvalue weighted by molar-refractivity contribution is 5.81. The molecule has 0 N–H and O–H groups in total. The van der Waals surface area contributed by atoms with Crippen LogP contribution in [0, 0.1) is 5.41 Å². The lowest BCUT2D eigenvalue weighted by Gasteiger charge is -2.12. The van der Waals surface area contributed by atoms with Crippen molar-refractivity contribution in [2.45, 2.75) is 48.0 Å². The van der Waals surface area contributed by atoms with Crippen LogP contribution in [0.3, 0.4) is 0 Å². The molecule has 0 fully saturated rings. The standard InChI is InChI=1S/C10H8.C6H14.C2H6/c1-2-6-10-8-4-3-7-9(10)5-1;1-5-6(2,3)4;1-2/h1-8H;5H2,1-4H3;1-2H3. The van der Waals surface area contributed by atoms with Gasteiger partial charge in [0, 0.05) is 0 Å². The fourth-order valence-electron chi connectivity index (χ4n) is 1.13. The lowest BCUT2D eigenvalue weighted by atomic mass is 9.94. The first-order valence-corrected chi connectivity index (χ1v) is 6.97. The van der Waals surface area contributed by atoms with Crippen LogP contribution in [0.2, 0.25) is 0 Å². The number of hydrogen-bond acceptors (Lipinski definition) is 0. The van der Waals surface area contributed by atoms with Gasteiger partial charge in [0.25, 0.3) is 0 Å². The lowest BCUT2D eigenvalue weighted by Crippen LogP contribution is -2.00. The molecule has 0 heteroatoms. The predicted octanol–water partition coefficient (Wildman–Crippen LogP) is 6.31. The summed E-state index contributed by atoms with van der Waals surface area (Å²) in [6.45, 7) is 12.9. The summed E-state index contributed by atoms with van der Waals surface area (Å²) in [6.07, 6.45) is 1.27. The molecule has 0 bridgehead atoms. The molecule has 0 aliphatic carbocycles. The number of fused-ring (bicyclic) bond motifs is 1. The van der Waals surface area contributed by atoms with Crippen molar-refractivity contribution in [3.8, 4) is 0 Å². The second-order valence-corrected chi connectivity index (χ2v) is 5.26. The van der Waals surface area contributed by atoms with E-state index in [1.165, 1.54) is 17.2 Å². The van der Waals surface area contributed by atoms with Crippen LogP contribution in [-0.2, 0) is 0 Å². The monoisotopic (exact) mass is 244 g/mol. The Morgan fingerprint density at radius 2 is 0.944 bits per heavy atom. The van der Waals surface area contributed by atoms with Crippen LogP contribution in [0.5, 0.6) is 0 Å². The predicted molar refractivity (Wildman–Crippen MR) is 85.0 cm³/mol. The molecule has 0 aliphatic rings. The van der Waals surface area contributed by atoms with Crippen LogP contribution in [0.25, 0.3) is 10.8 Å². The molecule has 0 saturated carbocycles. The van der Waals surface area contributed by atoms with E-state index in [1.807, 2.05) is 13.8 Å². The Labute approximate surface area is 113 Å². The van der Waals surface area contributed by atoms with Gasteiger partial charge in [0.1, 0.15) is 0 Å². The summed E-state index contributed by atoms with van der Waals surface area (Å²) in [4.78, 5) is 0. The van der Waals surface area contributed by atoms with Crippen LogP contribution in [0.15, 0.2) is 48.5 Å². The minimum absolute atomic E-state index is 0.542. The van der Waals surface area contributed by atoms with Crippen molar-refractivity contribution in [1.29, 1.82) is 0 Å². The molecule has 0 nitrogen and oxygen atoms in total. The molecular weight excluding hydrogens is 216 g/mol. The molecule has 0 spiro atoms. The van der Waals surface area contributed by atoms with Gasteiger partial charge < -0.3 is 0 Å². The molecular formula is C18H28. The number of rotatable bonds is 0. The molecule has 18 heavy (non-hydrogen) atoms. The second kappa shape index (κ2) is 8.74. The van der Waals surface area contributed by atoms with Crippen molar-refractivity contribution < 1.29 is 0 Å². The Bertz CT molecular complexity index is 356. The van der Waals surface area contributed by atoms with Crippen LogP contribution in [0.1, 0.15) is 48.0 Å². The van der Waals surface area contributed by atoms with E-state index < -0.39 is 0 Å². The van der Waals surface area contributed by atoms with Gasteiger partial charge in [-0.1, -0.05) is 96.5 Å². The number of hydrogen-bond donors (Lipinski definition) is 0. The minimum atomic E-state index is 0.542. The molecule has 0 unspecified atom stereocenters. The summed E-state index contributed by atoms with van der Waals surface area (Å²) < 4.78 is 0. The largest absolute Gasteiger partial charge is 0.0683 e. The quantitative estimate of drug-likeness (QED) is 0.509. The summed E-state index contributed by atoms with van der Waals surface area (Å²) in [5.74, 6) is 0. The van der Waals surface area contributed by atoms with Gasteiger partial charge in [-0.05, 0) is 16.2 Å². The molecule has 2 aromatic carbocycles. The average molecular weight is 244 g/mol. The maximum absolute atomic E-state index is 2.24. The Morgan fingerprint density at radius 1 is 0.722 bits per heavy atom. The molecule has 2 rings (SSSR count). The Balaban J connectivity index is 0.000000315. The highest BCUT2D eigenvalue weighted by Gasteiger charge is 2.03. The normalized spacial score (nSPS) is 9.89. The summed E-state index contributed by atoms with van der Waals surface area (Å²) >= 11 is 0. The van der Waals surface area contributed by atoms with E-state index in [0.717, 1.165) is 0 Å². The fraction of sp³-hybridized carbons (Fsp3) is 0.444. The van der Waals surface area contributed by atoms with Crippen LogP contribution >= 0.6 is 0 Å². The maximum atomic E-state index is 2.24.